The Morgan fingerprint density at radius 3 is 2.24 bits per heavy atom. The van der Waals surface area contributed by atoms with Crippen LogP contribution in [-0.2, 0) is 0 Å². The van der Waals surface area contributed by atoms with Crippen molar-refractivity contribution in [3.8, 4) is 5.75 Å². The van der Waals surface area contributed by atoms with Gasteiger partial charge in [0.2, 0.25) is 0 Å². The van der Waals surface area contributed by atoms with Gasteiger partial charge < -0.3 is 10.1 Å². The lowest BCUT2D eigenvalue weighted by Crippen LogP contribution is -2.64. The van der Waals surface area contributed by atoms with Crippen LogP contribution in [0.4, 0.5) is 8.78 Å². The minimum absolute atomic E-state index is 0.0641. The number of rotatable bonds is 3. The first-order valence-electron chi connectivity index (χ1n) is 7.94. The summed E-state index contributed by atoms with van der Waals surface area (Å²) in [6, 6.07) is 3.89. The second kappa shape index (κ2) is 5.91. The van der Waals surface area contributed by atoms with Crippen molar-refractivity contribution in [1.29, 1.82) is 0 Å². The van der Waals surface area contributed by atoms with Crippen LogP contribution in [0.25, 0.3) is 0 Å². The van der Waals surface area contributed by atoms with Crippen LogP contribution in [0.5, 0.6) is 5.75 Å². The zero-order chi connectivity index (χ0) is 14.9. The van der Waals surface area contributed by atoms with Gasteiger partial charge in [-0.25, -0.2) is 8.78 Å². The molecule has 0 amide bonds. The molecule has 2 aliphatic rings. The Morgan fingerprint density at radius 2 is 1.67 bits per heavy atom. The second-order valence-electron chi connectivity index (χ2n) is 6.44. The monoisotopic (exact) mass is 295 g/mol. The first kappa shape index (κ1) is 14.8. The fraction of sp³-hybridized carbons (Fsp3) is 0.647. The molecule has 21 heavy (non-hydrogen) atoms. The normalized spacial score (nSPS) is 28.0. The molecule has 2 saturated carbocycles. The Kier molecular flexibility index (Phi) is 4.16. The van der Waals surface area contributed by atoms with E-state index in [1.165, 1.54) is 37.8 Å². The molecule has 2 unspecified atom stereocenters. The van der Waals surface area contributed by atoms with Crippen molar-refractivity contribution in [3.05, 3.63) is 29.8 Å². The molecule has 0 aliphatic heterocycles. The predicted octanol–water partition coefficient (Wildman–Crippen LogP) is 4.04. The molecule has 1 aromatic rings. The average Bonchev–Trinajstić information content (AvgIpc) is 2.69. The predicted molar refractivity (Wildman–Crippen MR) is 78.4 cm³/mol. The highest BCUT2D eigenvalue weighted by Gasteiger charge is 2.55. The van der Waals surface area contributed by atoms with Gasteiger partial charge in [-0.2, -0.15) is 0 Å². The van der Waals surface area contributed by atoms with E-state index in [0.29, 0.717) is 11.8 Å². The third kappa shape index (κ3) is 2.78. The molecule has 1 N–H and O–H groups in total. The molecule has 0 saturated heterocycles. The van der Waals surface area contributed by atoms with E-state index in [4.69, 9.17) is 4.74 Å². The molecule has 0 bridgehead atoms. The summed E-state index contributed by atoms with van der Waals surface area (Å²) in [5.41, 5.74) is 0.133. The molecule has 2 aliphatic carbocycles. The van der Waals surface area contributed by atoms with Crippen LogP contribution in [0, 0.1) is 17.0 Å². The summed E-state index contributed by atoms with van der Waals surface area (Å²) >= 11 is 0. The van der Waals surface area contributed by atoms with E-state index in [-0.39, 0.29) is 11.5 Å². The Hall–Kier alpha value is -1.16. The first-order valence-corrected chi connectivity index (χ1v) is 7.94. The minimum Gasteiger partial charge on any atom is -0.490 e. The maximum atomic E-state index is 13.3. The molecule has 2 nitrogen and oxygen atoms in total. The van der Waals surface area contributed by atoms with Crippen molar-refractivity contribution in [2.45, 2.75) is 57.1 Å². The van der Waals surface area contributed by atoms with E-state index in [0.717, 1.165) is 25.3 Å². The lowest BCUT2D eigenvalue weighted by molar-refractivity contribution is -0.0883. The zero-order valence-electron chi connectivity index (χ0n) is 12.5. The molecule has 2 atom stereocenters. The van der Waals surface area contributed by atoms with Gasteiger partial charge in [-0.15, -0.1) is 0 Å². The van der Waals surface area contributed by atoms with Gasteiger partial charge in [0.25, 0.3) is 0 Å². The van der Waals surface area contributed by atoms with Crippen molar-refractivity contribution < 1.29 is 13.5 Å². The zero-order valence-corrected chi connectivity index (χ0v) is 12.5. The number of benzene rings is 1. The summed E-state index contributed by atoms with van der Waals surface area (Å²) in [5, 5.41) is 3.40. The van der Waals surface area contributed by atoms with Crippen molar-refractivity contribution in [3.63, 3.8) is 0 Å². The van der Waals surface area contributed by atoms with Gasteiger partial charge in [-0.05, 0) is 19.9 Å². The van der Waals surface area contributed by atoms with Gasteiger partial charge in [-0.1, -0.05) is 25.7 Å². The number of halogens is 2. The number of hydrogen-bond acceptors (Lipinski definition) is 2. The van der Waals surface area contributed by atoms with Crippen LogP contribution in [0.15, 0.2) is 18.2 Å². The van der Waals surface area contributed by atoms with Crippen molar-refractivity contribution in [1.82, 2.24) is 5.32 Å². The van der Waals surface area contributed by atoms with Crippen LogP contribution < -0.4 is 10.1 Å². The van der Waals surface area contributed by atoms with Gasteiger partial charge in [0.15, 0.2) is 0 Å². The van der Waals surface area contributed by atoms with Gasteiger partial charge in [0.05, 0.1) is 0 Å². The third-order valence-electron chi connectivity index (χ3n) is 5.28. The van der Waals surface area contributed by atoms with Crippen LogP contribution in [0.1, 0.15) is 44.9 Å². The highest BCUT2D eigenvalue weighted by molar-refractivity contribution is 5.25. The Balaban J connectivity index is 1.78. The van der Waals surface area contributed by atoms with E-state index in [2.05, 4.69) is 5.32 Å². The quantitative estimate of drug-likeness (QED) is 0.908. The molecule has 0 aromatic heterocycles. The summed E-state index contributed by atoms with van der Waals surface area (Å²) in [4.78, 5) is 0. The van der Waals surface area contributed by atoms with Gasteiger partial charge in [0, 0.05) is 36.1 Å². The van der Waals surface area contributed by atoms with Crippen molar-refractivity contribution in [2.75, 3.05) is 7.05 Å². The standard InChI is InChI=1S/C17H23F2NO/c1-20-15-11-16(17(15)6-4-2-3-5-7-17)21-14-9-12(18)8-13(19)10-14/h8-10,15-16,20H,2-7,11H2,1H3. The number of hydrogen-bond donors (Lipinski definition) is 1. The molecule has 1 spiro atoms. The lowest BCUT2D eigenvalue weighted by atomic mass is 9.58. The molecule has 4 heteroatoms. The van der Waals surface area contributed by atoms with E-state index in [9.17, 15) is 8.78 Å². The topological polar surface area (TPSA) is 21.3 Å². The molecule has 3 rings (SSSR count). The maximum absolute atomic E-state index is 13.3. The Bertz CT molecular complexity index is 477. The first-order chi connectivity index (χ1) is 10.1. The van der Waals surface area contributed by atoms with Crippen LogP contribution in [0.3, 0.4) is 0 Å². The van der Waals surface area contributed by atoms with Gasteiger partial charge >= 0.3 is 0 Å². The fourth-order valence-corrected chi connectivity index (χ4v) is 4.14. The highest BCUT2D eigenvalue weighted by Crippen LogP contribution is 2.52. The number of nitrogens with one attached hydrogen (secondary N) is 1. The maximum Gasteiger partial charge on any atom is 0.129 e. The Labute approximate surface area is 124 Å². The lowest BCUT2D eigenvalue weighted by Gasteiger charge is -2.55. The van der Waals surface area contributed by atoms with Crippen LogP contribution >= 0.6 is 0 Å². The van der Waals surface area contributed by atoms with E-state index in [1.54, 1.807) is 0 Å². The Morgan fingerprint density at radius 1 is 1.05 bits per heavy atom. The molecular formula is C17H23F2NO. The van der Waals surface area contributed by atoms with Crippen LogP contribution in [-0.4, -0.2) is 19.2 Å². The van der Waals surface area contributed by atoms with E-state index >= 15 is 0 Å². The van der Waals surface area contributed by atoms with Gasteiger partial charge in [0.1, 0.15) is 23.5 Å². The molecule has 1 aromatic carbocycles. The summed E-state index contributed by atoms with van der Waals surface area (Å²) in [7, 11) is 2.00. The summed E-state index contributed by atoms with van der Waals surface area (Å²) in [5.74, 6) is -0.843. The summed E-state index contributed by atoms with van der Waals surface area (Å²) < 4.78 is 32.6. The fourth-order valence-electron chi connectivity index (χ4n) is 4.14. The van der Waals surface area contributed by atoms with Crippen molar-refractivity contribution >= 4 is 0 Å². The number of ether oxygens (including phenoxy) is 1. The smallest absolute Gasteiger partial charge is 0.129 e. The molecule has 2 fully saturated rings. The van der Waals surface area contributed by atoms with Crippen molar-refractivity contribution in [2.24, 2.45) is 5.41 Å². The molecule has 0 radical (unpaired) electrons. The molecule has 116 valence electrons. The van der Waals surface area contributed by atoms with E-state index < -0.39 is 11.6 Å². The minimum atomic E-state index is -0.579. The van der Waals surface area contributed by atoms with Crippen LogP contribution in [0.2, 0.25) is 0 Å². The van der Waals surface area contributed by atoms with E-state index in [1.807, 2.05) is 7.05 Å². The average molecular weight is 295 g/mol. The largest absolute Gasteiger partial charge is 0.490 e. The SMILES string of the molecule is CNC1CC(Oc2cc(F)cc(F)c2)C12CCCCCC2. The molecular weight excluding hydrogens is 272 g/mol. The summed E-state index contributed by atoms with van der Waals surface area (Å²) in [6.45, 7) is 0. The molecule has 0 heterocycles. The highest BCUT2D eigenvalue weighted by atomic mass is 19.1. The second-order valence-corrected chi connectivity index (χ2v) is 6.44. The third-order valence-corrected chi connectivity index (χ3v) is 5.28. The van der Waals surface area contributed by atoms with Gasteiger partial charge in [-0.3, -0.25) is 0 Å². The summed E-state index contributed by atoms with van der Waals surface area (Å²) in [6.07, 6.45) is 8.25.